The lowest BCUT2D eigenvalue weighted by atomic mass is 10.1. The quantitative estimate of drug-likeness (QED) is 0.399. The topological polar surface area (TPSA) is 47.6 Å². The van der Waals surface area contributed by atoms with E-state index >= 15 is 0 Å². The number of nitrogens with one attached hydrogen (secondary N) is 1. The van der Waals surface area contributed by atoms with E-state index in [1.807, 2.05) is 66.7 Å². The molecule has 154 valence electrons. The second kappa shape index (κ2) is 10.6. The van der Waals surface area contributed by atoms with Crippen LogP contribution in [0.15, 0.2) is 77.3 Å². The van der Waals surface area contributed by atoms with Crippen molar-refractivity contribution < 1.29 is 14.3 Å². The van der Waals surface area contributed by atoms with E-state index in [0.29, 0.717) is 18.1 Å². The molecule has 3 aromatic rings. The van der Waals surface area contributed by atoms with Gasteiger partial charge in [-0.05, 0) is 69.4 Å². The predicted octanol–water partition coefficient (Wildman–Crippen LogP) is 6.25. The van der Waals surface area contributed by atoms with Gasteiger partial charge in [-0.25, -0.2) is 0 Å². The lowest BCUT2D eigenvalue weighted by molar-refractivity contribution is -0.111. The Labute approximate surface area is 185 Å². The monoisotopic (exact) mass is 465 g/mol. The van der Waals surface area contributed by atoms with Gasteiger partial charge in [0.15, 0.2) is 11.5 Å². The van der Waals surface area contributed by atoms with Gasteiger partial charge in [0.2, 0.25) is 5.91 Å². The molecule has 30 heavy (non-hydrogen) atoms. The molecule has 0 radical (unpaired) electrons. The highest BCUT2D eigenvalue weighted by molar-refractivity contribution is 9.10. The van der Waals surface area contributed by atoms with Crippen LogP contribution >= 0.6 is 15.9 Å². The van der Waals surface area contributed by atoms with Crippen LogP contribution in [0.4, 0.5) is 5.69 Å². The zero-order chi connectivity index (χ0) is 21.3. The highest BCUT2D eigenvalue weighted by Crippen LogP contribution is 2.37. The summed E-state index contributed by atoms with van der Waals surface area (Å²) in [6.07, 6.45) is 4.21. The first-order valence-electron chi connectivity index (χ1n) is 9.71. The third kappa shape index (κ3) is 5.97. The predicted molar refractivity (Wildman–Crippen MR) is 125 cm³/mol. The van der Waals surface area contributed by atoms with Gasteiger partial charge in [-0.3, -0.25) is 4.79 Å². The number of carbonyl (C=O) groups is 1. The van der Waals surface area contributed by atoms with E-state index in [2.05, 4.69) is 28.2 Å². The molecule has 0 aliphatic rings. The van der Waals surface area contributed by atoms with Crippen molar-refractivity contribution in [1.82, 2.24) is 0 Å². The molecule has 0 unspecified atom stereocenters. The van der Waals surface area contributed by atoms with Gasteiger partial charge in [0.05, 0.1) is 11.6 Å². The summed E-state index contributed by atoms with van der Waals surface area (Å²) in [4.78, 5) is 12.2. The first-order valence-corrected chi connectivity index (χ1v) is 10.5. The first-order chi connectivity index (χ1) is 14.6. The Kier molecular flexibility index (Phi) is 7.69. The molecule has 0 aromatic heterocycles. The second-order valence-electron chi connectivity index (χ2n) is 6.68. The molecule has 4 nitrogen and oxygen atoms in total. The molecule has 1 N–H and O–H groups in total. The lowest BCUT2D eigenvalue weighted by Crippen LogP contribution is -2.07. The van der Waals surface area contributed by atoms with Crippen molar-refractivity contribution in [1.29, 1.82) is 0 Å². The summed E-state index contributed by atoms with van der Waals surface area (Å²) in [5, 5.41) is 2.86. The number of halogens is 1. The number of benzene rings is 3. The average molecular weight is 466 g/mol. The Morgan fingerprint density at radius 3 is 2.43 bits per heavy atom. The minimum absolute atomic E-state index is 0.196. The van der Waals surface area contributed by atoms with Crippen molar-refractivity contribution >= 4 is 33.6 Å². The van der Waals surface area contributed by atoms with Crippen molar-refractivity contribution in [2.45, 2.75) is 20.0 Å². The van der Waals surface area contributed by atoms with Crippen LogP contribution in [0.25, 0.3) is 6.08 Å². The SMILES string of the molecule is CCc1ccc(NC(=O)C=Cc2cc(Br)c(OCc3ccccc3)c(OC)c2)cc1. The van der Waals surface area contributed by atoms with Crippen molar-refractivity contribution in [3.8, 4) is 11.5 Å². The van der Waals surface area contributed by atoms with Crippen LogP contribution < -0.4 is 14.8 Å². The fourth-order valence-corrected chi connectivity index (χ4v) is 3.46. The summed E-state index contributed by atoms with van der Waals surface area (Å²) in [7, 11) is 1.59. The number of hydrogen-bond donors (Lipinski definition) is 1. The van der Waals surface area contributed by atoms with Gasteiger partial charge in [0.1, 0.15) is 6.61 Å². The maximum absolute atomic E-state index is 12.2. The fourth-order valence-electron chi connectivity index (χ4n) is 2.89. The van der Waals surface area contributed by atoms with Gasteiger partial charge < -0.3 is 14.8 Å². The van der Waals surface area contributed by atoms with E-state index in [4.69, 9.17) is 9.47 Å². The Bertz CT molecular complexity index is 1010. The number of carbonyl (C=O) groups excluding carboxylic acids is 1. The number of anilines is 1. The van der Waals surface area contributed by atoms with E-state index < -0.39 is 0 Å². The molecule has 0 saturated carbocycles. The molecule has 1 amide bonds. The summed E-state index contributed by atoms with van der Waals surface area (Å²) in [6.45, 7) is 2.53. The standard InChI is InChI=1S/C25H24BrNO3/c1-3-18-9-12-21(13-10-18)27-24(28)14-11-20-15-22(26)25(23(16-20)29-2)30-17-19-7-5-4-6-8-19/h4-16H,3,17H2,1-2H3,(H,27,28). The lowest BCUT2D eigenvalue weighted by Gasteiger charge is -2.13. The molecule has 0 bridgehead atoms. The van der Waals surface area contributed by atoms with Gasteiger partial charge >= 0.3 is 0 Å². The molecule has 0 atom stereocenters. The van der Waals surface area contributed by atoms with E-state index in [-0.39, 0.29) is 5.91 Å². The number of methoxy groups -OCH3 is 1. The molecule has 0 fully saturated rings. The molecule has 0 saturated heterocycles. The molecule has 0 aliphatic carbocycles. The Morgan fingerprint density at radius 1 is 1.03 bits per heavy atom. The highest BCUT2D eigenvalue weighted by atomic mass is 79.9. The van der Waals surface area contributed by atoms with Crippen molar-refractivity contribution in [3.63, 3.8) is 0 Å². The number of ether oxygens (including phenoxy) is 2. The summed E-state index contributed by atoms with van der Waals surface area (Å²) < 4.78 is 12.2. The third-order valence-corrected chi connectivity index (χ3v) is 5.12. The summed E-state index contributed by atoms with van der Waals surface area (Å²) in [5.74, 6) is 1.02. The highest BCUT2D eigenvalue weighted by Gasteiger charge is 2.11. The van der Waals surface area contributed by atoms with E-state index in [1.54, 1.807) is 13.2 Å². The molecular weight excluding hydrogens is 442 g/mol. The number of hydrogen-bond acceptors (Lipinski definition) is 3. The third-order valence-electron chi connectivity index (χ3n) is 4.53. The van der Waals surface area contributed by atoms with Crippen LogP contribution in [0.2, 0.25) is 0 Å². The van der Waals surface area contributed by atoms with Crippen LogP contribution in [0.1, 0.15) is 23.6 Å². The van der Waals surface area contributed by atoms with Crippen LogP contribution in [0.5, 0.6) is 11.5 Å². The van der Waals surface area contributed by atoms with Crippen LogP contribution in [-0.2, 0) is 17.8 Å². The van der Waals surface area contributed by atoms with Crippen LogP contribution in [-0.4, -0.2) is 13.0 Å². The Morgan fingerprint density at radius 2 is 1.77 bits per heavy atom. The van der Waals surface area contributed by atoms with E-state index in [0.717, 1.165) is 27.7 Å². The van der Waals surface area contributed by atoms with Gasteiger partial charge in [-0.2, -0.15) is 0 Å². The maximum Gasteiger partial charge on any atom is 0.248 e. The molecule has 3 rings (SSSR count). The van der Waals surface area contributed by atoms with Gasteiger partial charge in [0, 0.05) is 11.8 Å². The molecule has 5 heteroatoms. The number of amides is 1. The molecule has 0 heterocycles. The van der Waals surface area contributed by atoms with Gasteiger partial charge in [-0.15, -0.1) is 0 Å². The Hall–Kier alpha value is -3.05. The van der Waals surface area contributed by atoms with Crippen molar-refractivity contribution in [2.24, 2.45) is 0 Å². The largest absolute Gasteiger partial charge is 0.493 e. The van der Waals surface area contributed by atoms with Gasteiger partial charge in [-0.1, -0.05) is 49.4 Å². The number of rotatable bonds is 8. The van der Waals surface area contributed by atoms with E-state index in [9.17, 15) is 4.79 Å². The molecular formula is C25H24BrNO3. The maximum atomic E-state index is 12.2. The van der Waals surface area contributed by atoms with Crippen LogP contribution in [0.3, 0.4) is 0 Å². The first kappa shape index (κ1) is 21.7. The fraction of sp³-hybridized carbons (Fsp3) is 0.160. The summed E-state index contributed by atoms with van der Waals surface area (Å²) in [5.41, 5.74) is 3.89. The van der Waals surface area contributed by atoms with Crippen LogP contribution in [0, 0.1) is 0 Å². The molecule has 3 aromatic carbocycles. The second-order valence-corrected chi connectivity index (χ2v) is 7.54. The summed E-state index contributed by atoms with van der Waals surface area (Å²) in [6, 6.07) is 21.5. The zero-order valence-corrected chi connectivity index (χ0v) is 18.6. The minimum atomic E-state index is -0.196. The Balaban J connectivity index is 1.68. The normalized spacial score (nSPS) is 10.8. The number of aryl methyl sites for hydroxylation is 1. The van der Waals surface area contributed by atoms with Gasteiger partial charge in [0.25, 0.3) is 0 Å². The average Bonchev–Trinajstić information content (AvgIpc) is 2.77. The molecule has 0 aliphatic heterocycles. The smallest absolute Gasteiger partial charge is 0.248 e. The van der Waals surface area contributed by atoms with Crippen molar-refractivity contribution in [3.05, 3.63) is 94.0 Å². The van der Waals surface area contributed by atoms with E-state index in [1.165, 1.54) is 11.6 Å². The minimum Gasteiger partial charge on any atom is -0.493 e. The van der Waals surface area contributed by atoms with Crippen molar-refractivity contribution in [2.75, 3.05) is 12.4 Å². The zero-order valence-electron chi connectivity index (χ0n) is 17.0. The molecule has 0 spiro atoms. The summed E-state index contributed by atoms with van der Waals surface area (Å²) >= 11 is 3.55.